The summed E-state index contributed by atoms with van der Waals surface area (Å²) in [6.07, 6.45) is 0.927. The standard InChI is InChI=1S/C17H17NO3/c18-10-11-20-16(19)9-8-12-4-3-6-14-13-5-1-2-7-15(13)21-17(12)14/h1-7H,8-11,18H2. The summed E-state index contributed by atoms with van der Waals surface area (Å²) in [7, 11) is 0. The molecular formula is C17H17NO3. The van der Waals surface area contributed by atoms with Crippen LogP contribution in [0, 0.1) is 0 Å². The summed E-state index contributed by atoms with van der Waals surface area (Å²) in [4.78, 5) is 11.6. The zero-order valence-corrected chi connectivity index (χ0v) is 11.7. The van der Waals surface area contributed by atoms with Gasteiger partial charge in [0.2, 0.25) is 0 Å². The summed E-state index contributed by atoms with van der Waals surface area (Å²) in [5, 5.41) is 2.18. The maximum atomic E-state index is 11.6. The van der Waals surface area contributed by atoms with Crippen molar-refractivity contribution in [3.8, 4) is 0 Å². The lowest BCUT2D eigenvalue weighted by molar-refractivity contribution is -0.143. The van der Waals surface area contributed by atoms with Crippen LogP contribution in [0.2, 0.25) is 0 Å². The fraction of sp³-hybridized carbons (Fsp3) is 0.235. The molecule has 2 aromatic carbocycles. The van der Waals surface area contributed by atoms with Gasteiger partial charge in [-0.2, -0.15) is 0 Å². The van der Waals surface area contributed by atoms with E-state index < -0.39 is 0 Å². The first-order valence-corrected chi connectivity index (χ1v) is 7.04. The second kappa shape index (κ2) is 5.97. The number of benzene rings is 2. The van der Waals surface area contributed by atoms with E-state index in [4.69, 9.17) is 14.9 Å². The molecule has 4 heteroatoms. The number of para-hydroxylation sites is 2. The van der Waals surface area contributed by atoms with Gasteiger partial charge in [0, 0.05) is 23.7 Å². The van der Waals surface area contributed by atoms with E-state index in [-0.39, 0.29) is 12.6 Å². The number of carbonyl (C=O) groups is 1. The van der Waals surface area contributed by atoms with Crippen molar-refractivity contribution < 1.29 is 13.9 Å². The highest BCUT2D eigenvalue weighted by Crippen LogP contribution is 2.31. The molecule has 0 bridgehead atoms. The van der Waals surface area contributed by atoms with Gasteiger partial charge < -0.3 is 14.9 Å². The maximum Gasteiger partial charge on any atom is 0.306 e. The van der Waals surface area contributed by atoms with Crippen LogP contribution in [0.15, 0.2) is 46.9 Å². The van der Waals surface area contributed by atoms with Crippen LogP contribution >= 0.6 is 0 Å². The Bertz CT molecular complexity index is 776. The Morgan fingerprint density at radius 1 is 1.10 bits per heavy atom. The van der Waals surface area contributed by atoms with Crippen LogP contribution < -0.4 is 5.73 Å². The molecular weight excluding hydrogens is 266 g/mol. The van der Waals surface area contributed by atoms with Crippen molar-refractivity contribution in [1.82, 2.24) is 0 Å². The van der Waals surface area contributed by atoms with Crippen LogP contribution in [0.5, 0.6) is 0 Å². The van der Waals surface area contributed by atoms with E-state index in [1.54, 1.807) is 0 Å². The van der Waals surface area contributed by atoms with Crippen LogP contribution in [0.1, 0.15) is 12.0 Å². The van der Waals surface area contributed by atoms with E-state index in [0.29, 0.717) is 19.4 Å². The van der Waals surface area contributed by atoms with Crippen molar-refractivity contribution in [3.05, 3.63) is 48.0 Å². The number of fused-ring (bicyclic) bond motifs is 3. The minimum Gasteiger partial charge on any atom is -0.464 e. The van der Waals surface area contributed by atoms with Gasteiger partial charge >= 0.3 is 5.97 Å². The predicted molar refractivity (Wildman–Crippen MR) is 82.1 cm³/mol. The van der Waals surface area contributed by atoms with Crippen LogP contribution in [0.4, 0.5) is 0 Å². The highest BCUT2D eigenvalue weighted by Gasteiger charge is 2.11. The lowest BCUT2D eigenvalue weighted by Gasteiger charge is -2.03. The van der Waals surface area contributed by atoms with Gasteiger partial charge in [-0.05, 0) is 18.1 Å². The first kappa shape index (κ1) is 13.6. The molecule has 21 heavy (non-hydrogen) atoms. The fourth-order valence-electron chi connectivity index (χ4n) is 2.48. The van der Waals surface area contributed by atoms with E-state index in [0.717, 1.165) is 27.5 Å². The van der Waals surface area contributed by atoms with Gasteiger partial charge in [-0.3, -0.25) is 4.79 Å². The molecule has 2 N–H and O–H groups in total. The quantitative estimate of drug-likeness (QED) is 0.731. The van der Waals surface area contributed by atoms with Crippen LogP contribution in [-0.2, 0) is 16.0 Å². The lowest BCUT2D eigenvalue weighted by atomic mass is 10.1. The van der Waals surface area contributed by atoms with E-state index in [2.05, 4.69) is 0 Å². The smallest absolute Gasteiger partial charge is 0.306 e. The average molecular weight is 283 g/mol. The van der Waals surface area contributed by atoms with Crippen LogP contribution in [0.25, 0.3) is 21.9 Å². The third kappa shape index (κ3) is 2.76. The lowest BCUT2D eigenvalue weighted by Crippen LogP contribution is -2.13. The normalized spacial score (nSPS) is 11.1. The Kier molecular flexibility index (Phi) is 3.88. The highest BCUT2D eigenvalue weighted by molar-refractivity contribution is 6.05. The Hall–Kier alpha value is -2.33. The Morgan fingerprint density at radius 3 is 2.76 bits per heavy atom. The second-order valence-corrected chi connectivity index (χ2v) is 4.90. The molecule has 0 aliphatic rings. The zero-order valence-electron chi connectivity index (χ0n) is 11.7. The molecule has 0 aliphatic heterocycles. The van der Waals surface area contributed by atoms with Crippen molar-refractivity contribution in [3.63, 3.8) is 0 Å². The molecule has 0 fully saturated rings. The average Bonchev–Trinajstić information content (AvgIpc) is 2.90. The molecule has 1 heterocycles. The van der Waals surface area contributed by atoms with E-state index in [1.807, 2.05) is 42.5 Å². The van der Waals surface area contributed by atoms with E-state index in [1.165, 1.54) is 0 Å². The largest absolute Gasteiger partial charge is 0.464 e. The molecule has 0 saturated carbocycles. The molecule has 3 rings (SSSR count). The Morgan fingerprint density at radius 2 is 1.90 bits per heavy atom. The van der Waals surface area contributed by atoms with Crippen molar-refractivity contribution in [2.75, 3.05) is 13.2 Å². The molecule has 3 aromatic rings. The van der Waals surface area contributed by atoms with Gasteiger partial charge in [0.15, 0.2) is 0 Å². The van der Waals surface area contributed by atoms with Gasteiger partial charge in [-0.15, -0.1) is 0 Å². The number of furan rings is 1. The number of rotatable bonds is 5. The number of nitrogens with two attached hydrogens (primary N) is 1. The Labute approximate surface area is 122 Å². The summed E-state index contributed by atoms with van der Waals surface area (Å²) in [5.74, 6) is -0.228. The molecule has 0 radical (unpaired) electrons. The zero-order chi connectivity index (χ0) is 14.7. The van der Waals surface area contributed by atoms with Crippen molar-refractivity contribution in [1.29, 1.82) is 0 Å². The molecule has 1 aromatic heterocycles. The SMILES string of the molecule is NCCOC(=O)CCc1cccc2c1oc1ccccc12. The van der Waals surface area contributed by atoms with Crippen molar-refractivity contribution >= 4 is 27.9 Å². The topological polar surface area (TPSA) is 65.5 Å². The molecule has 0 amide bonds. The number of hydrogen-bond acceptors (Lipinski definition) is 4. The maximum absolute atomic E-state index is 11.6. The van der Waals surface area contributed by atoms with Crippen LogP contribution in [0.3, 0.4) is 0 Å². The van der Waals surface area contributed by atoms with Gasteiger partial charge in [-0.25, -0.2) is 0 Å². The molecule has 4 nitrogen and oxygen atoms in total. The number of aryl methyl sites for hydroxylation is 1. The Balaban J connectivity index is 1.87. The minimum atomic E-state index is -0.228. The minimum absolute atomic E-state index is 0.228. The fourth-order valence-corrected chi connectivity index (χ4v) is 2.48. The third-order valence-corrected chi connectivity index (χ3v) is 3.47. The highest BCUT2D eigenvalue weighted by atomic mass is 16.5. The summed E-state index contributed by atoms with van der Waals surface area (Å²) in [5.41, 5.74) is 8.05. The van der Waals surface area contributed by atoms with Gasteiger partial charge in [-0.1, -0.05) is 36.4 Å². The first-order chi connectivity index (χ1) is 10.3. The van der Waals surface area contributed by atoms with Gasteiger partial charge in [0.1, 0.15) is 17.8 Å². The van der Waals surface area contributed by atoms with Gasteiger partial charge in [0.05, 0.1) is 0 Å². The second-order valence-electron chi connectivity index (χ2n) is 4.90. The summed E-state index contributed by atoms with van der Waals surface area (Å²) >= 11 is 0. The number of hydrogen-bond donors (Lipinski definition) is 1. The van der Waals surface area contributed by atoms with E-state index >= 15 is 0 Å². The first-order valence-electron chi connectivity index (χ1n) is 7.04. The van der Waals surface area contributed by atoms with Crippen molar-refractivity contribution in [2.24, 2.45) is 5.73 Å². The molecule has 0 saturated heterocycles. The van der Waals surface area contributed by atoms with Crippen LogP contribution in [-0.4, -0.2) is 19.1 Å². The van der Waals surface area contributed by atoms with Gasteiger partial charge in [0.25, 0.3) is 0 Å². The molecule has 0 unspecified atom stereocenters. The molecule has 0 spiro atoms. The molecule has 108 valence electrons. The summed E-state index contributed by atoms with van der Waals surface area (Å²) in [6, 6.07) is 14.0. The monoisotopic (exact) mass is 283 g/mol. The number of esters is 1. The molecule has 0 atom stereocenters. The number of carbonyl (C=O) groups excluding carboxylic acids is 1. The summed E-state index contributed by atoms with van der Waals surface area (Å²) in [6.45, 7) is 0.624. The third-order valence-electron chi connectivity index (χ3n) is 3.47. The predicted octanol–water partition coefficient (Wildman–Crippen LogP) is 3.02. The van der Waals surface area contributed by atoms with Crippen molar-refractivity contribution in [2.45, 2.75) is 12.8 Å². The molecule has 0 aliphatic carbocycles. The van der Waals surface area contributed by atoms with E-state index in [9.17, 15) is 4.79 Å². The summed E-state index contributed by atoms with van der Waals surface area (Å²) < 4.78 is 10.9. The number of ether oxygens (including phenoxy) is 1.